The van der Waals surface area contributed by atoms with E-state index in [-0.39, 0.29) is 23.7 Å². The van der Waals surface area contributed by atoms with Gasteiger partial charge in [-0.2, -0.15) is 5.10 Å². The number of hydrogen-bond acceptors (Lipinski definition) is 5. The molecule has 142 valence electrons. The summed E-state index contributed by atoms with van der Waals surface area (Å²) in [4.78, 5) is 20.7. The topological polar surface area (TPSA) is 65.8 Å². The fourth-order valence-corrected chi connectivity index (χ4v) is 3.80. The molecule has 0 spiro atoms. The average Bonchev–Trinajstić information content (AvgIpc) is 3.35. The number of aliphatic imine (C=N–C) groups is 1. The Morgan fingerprint density at radius 1 is 1.26 bits per heavy atom. The van der Waals surface area contributed by atoms with Crippen molar-refractivity contribution in [2.45, 2.75) is 12.5 Å². The third-order valence-electron chi connectivity index (χ3n) is 5.31. The second-order valence-electron chi connectivity index (χ2n) is 7.12. The minimum Gasteiger partial charge on any atom is -0.356 e. The average molecular weight is 370 g/mol. The van der Waals surface area contributed by atoms with Gasteiger partial charge < -0.3 is 15.1 Å². The third-order valence-corrected chi connectivity index (χ3v) is 5.31. The highest BCUT2D eigenvalue weighted by Crippen LogP contribution is 2.36. The van der Waals surface area contributed by atoms with Crippen molar-refractivity contribution in [2.24, 2.45) is 10.9 Å². The first-order chi connectivity index (χ1) is 13.0. The number of hydrogen-bond donors (Lipinski definition) is 1. The van der Waals surface area contributed by atoms with Crippen molar-refractivity contribution < 1.29 is 9.18 Å². The van der Waals surface area contributed by atoms with E-state index < -0.39 is 0 Å². The van der Waals surface area contributed by atoms with Gasteiger partial charge in [-0.1, -0.05) is 0 Å². The normalized spacial score (nSPS) is 22.5. The van der Waals surface area contributed by atoms with E-state index in [1.807, 2.05) is 20.3 Å². The summed E-state index contributed by atoms with van der Waals surface area (Å²) >= 11 is 0. The first-order valence-corrected chi connectivity index (χ1v) is 9.08. The zero-order valence-corrected chi connectivity index (χ0v) is 15.5. The molecule has 0 aliphatic carbocycles. The maximum Gasteiger partial charge on any atom is 0.223 e. The fourth-order valence-electron chi connectivity index (χ4n) is 3.80. The summed E-state index contributed by atoms with van der Waals surface area (Å²) in [5.74, 6) is 0.865. The largest absolute Gasteiger partial charge is 0.356 e. The Balaban J connectivity index is 1.53. The molecule has 27 heavy (non-hydrogen) atoms. The van der Waals surface area contributed by atoms with Crippen molar-refractivity contribution in [3.63, 3.8) is 0 Å². The monoisotopic (exact) mass is 370 g/mol. The van der Waals surface area contributed by atoms with Gasteiger partial charge >= 0.3 is 0 Å². The van der Waals surface area contributed by atoms with Crippen molar-refractivity contribution in [3.05, 3.63) is 48.0 Å². The van der Waals surface area contributed by atoms with Crippen LogP contribution in [0.1, 0.15) is 18.0 Å². The number of likely N-dealkylation sites (N-methyl/N-ethyl adjacent to an activating group) is 1. The summed E-state index contributed by atoms with van der Waals surface area (Å²) in [6.07, 6.45) is 4.20. The molecule has 8 heteroatoms. The van der Waals surface area contributed by atoms with Crippen LogP contribution < -0.4 is 5.32 Å². The Bertz CT molecular complexity index is 861. The molecule has 1 aromatic carbocycles. The van der Waals surface area contributed by atoms with Gasteiger partial charge in [0, 0.05) is 51.3 Å². The van der Waals surface area contributed by atoms with Gasteiger partial charge in [0.25, 0.3) is 0 Å². The van der Waals surface area contributed by atoms with E-state index in [9.17, 15) is 9.18 Å². The molecule has 7 nitrogen and oxygen atoms in total. The van der Waals surface area contributed by atoms with Crippen molar-refractivity contribution >= 4 is 11.9 Å². The number of rotatable bonds is 4. The lowest BCUT2D eigenvalue weighted by Gasteiger charge is -2.25. The van der Waals surface area contributed by atoms with Gasteiger partial charge in [0.1, 0.15) is 5.82 Å². The maximum atomic E-state index is 13.1. The summed E-state index contributed by atoms with van der Waals surface area (Å²) in [6.45, 7) is 2.39. The molecule has 2 aromatic rings. The van der Waals surface area contributed by atoms with Gasteiger partial charge in [0.15, 0.2) is 5.96 Å². The number of nitrogens with one attached hydrogen (secondary N) is 1. The van der Waals surface area contributed by atoms with E-state index in [0.717, 1.165) is 30.3 Å². The molecule has 0 bridgehead atoms. The standard InChI is InChI=1S/C19H23FN6O/c1-24-8-7-21-19(24)22-10-13-9-17(27)25(2)18(13)14-11-23-26(12-14)16-5-3-15(20)4-6-16/h3-6,11-13,18H,7-10H2,1-2H3,(H,21,22)/t13-,18+/m0/s1. The molecule has 2 atom stereocenters. The van der Waals surface area contributed by atoms with Crippen molar-refractivity contribution in [2.75, 3.05) is 33.7 Å². The fraction of sp³-hybridized carbons (Fsp3) is 0.421. The molecule has 1 saturated heterocycles. The molecule has 0 radical (unpaired) electrons. The number of guanidine groups is 1. The van der Waals surface area contributed by atoms with Crippen molar-refractivity contribution in [1.29, 1.82) is 0 Å². The predicted octanol–water partition coefficient (Wildman–Crippen LogP) is 1.42. The Labute approximate surface area is 157 Å². The third kappa shape index (κ3) is 3.39. The molecule has 1 amide bonds. The van der Waals surface area contributed by atoms with Crippen LogP contribution in [0.5, 0.6) is 0 Å². The van der Waals surface area contributed by atoms with E-state index in [0.29, 0.717) is 13.0 Å². The molecular formula is C19H23FN6O. The highest BCUT2D eigenvalue weighted by molar-refractivity contribution is 5.82. The molecular weight excluding hydrogens is 347 g/mol. The van der Waals surface area contributed by atoms with E-state index >= 15 is 0 Å². The molecule has 1 fully saturated rings. The second-order valence-corrected chi connectivity index (χ2v) is 7.12. The lowest BCUT2D eigenvalue weighted by molar-refractivity contribution is -0.127. The number of likely N-dealkylation sites (tertiary alicyclic amines) is 1. The van der Waals surface area contributed by atoms with E-state index in [1.54, 1.807) is 27.9 Å². The van der Waals surface area contributed by atoms with E-state index in [2.05, 4.69) is 20.3 Å². The highest BCUT2D eigenvalue weighted by Gasteiger charge is 2.39. The van der Waals surface area contributed by atoms with Gasteiger partial charge in [-0.15, -0.1) is 0 Å². The number of halogens is 1. The van der Waals surface area contributed by atoms with Crippen LogP contribution in [0.15, 0.2) is 41.7 Å². The highest BCUT2D eigenvalue weighted by atomic mass is 19.1. The minimum absolute atomic E-state index is 0.0495. The summed E-state index contributed by atoms with van der Waals surface area (Å²) in [7, 11) is 3.84. The van der Waals surface area contributed by atoms with Gasteiger partial charge in [0.2, 0.25) is 5.91 Å². The van der Waals surface area contributed by atoms with Gasteiger partial charge in [-0.05, 0) is 24.3 Å². The zero-order chi connectivity index (χ0) is 19.0. The predicted molar refractivity (Wildman–Crippen MR) is 100 cm³/mol. The number of benzene rings is 1. The summed E-state index contributed by atoms with van der Waals surface area (Å²) in [5.41, 5.74) is 1.76. The van der Waals surface area contributed by atoms with Crippen LogP contribution in [0.4, 0.5) is 4.39 Å². The van der Waals surface area contributed by atoms with Crippen molar-refractivity contribution in [1.82, 2.24) is 24.9 Å². The number of carbonyl (C=O) groups is 1. The van der Waals surface area contributed by atoms with E-state index in [1.165, 1.54) is 12.1 Å². The van der Waals surface area contributed by atoms with Crippen LogP contribution >= 0.6 is 0 Å². The smallest absolute Gasteiger partial charge is 0.223 e. The van der Waals surface area contributed by atoms with Crippen LogP contribution in [0.25, 0.3) is 5.69 Å². The van der Waals surface area contributed by atoms with Crippen LogP contribution in [-0.4, -0.2) is 65.2 Å². The van der Waals surface area contributed by atoms with Crippen LogP contribution in [0.2, 0.25) is 0 Å². The minimum atomic E-state index is -0.279. The first kappa shape index (κ1) is 17.5. The molecule has 4 rings (SSSR count). The van der Waals surface area contributed by atoms with Crippen LogP contribution in [-0.2, 0) is 4.79 Å². The van der Waals surface area contributed by atoms with Gasteiger partial charge in [-0.3, -0.25) is 9.79 Å². The Morgan fingerprint density at radius 2 is 2.04 bits per heavy atom. The molecule has 2 aliphatic rings. The van der Waals surface area contributed by atoms with Gasteiger partial charge in [-0.25, -0.2) is 9.07 Å². The SMILES string of the molecule is CN1CCN=C1NC[C@@H]1CC(=O)N(C)[C@H]1c1cnn(-c2ccc(F)cc2)c1. The molecule has 2 aliphatic heterocycles. The summed E-state index contributed by atoms with van der Waals surface area (Å²) in [6, 6.07) is 6.14. The van der Waals surface area contributed by atoms with E-state index in [4.69, 9.17) is 0 Å². The van der Waals surface area contributed by atoms with Gasteiger partial charge in [0.05, 0.1) is 24.5 Å². The molecule has 0 unspecified atom stereocenters. The van der Waals surface area contributed by atoms with Crippen LogP contribution in [0, 0.1) is 11.7 Å². The Hall–Kier alpha value is -2.90. The molecule has 1 aromatic heterocycles. The summed E-state index contributed by atoms with van der Waals surface area (Å²) in [5, 5.41) is 7.80. The first-order valence-electron chi connectivity index (χ1n) is 9.08. The van der Waals surface area contributed by atoms with Crippen molar-refractivity contribution in [3.8, 4) is 5.69 Å². The quantitative estimate of drug-likeness (QED) is 0.884. The van der Waals surface area contributed by atoms with Crippen LogP contribution in [0.3, 0.4) is 0 Å². The second kappa shape index (κ2) is 7.02. The molecule has 0 saturated carbocycles. The number of aromatic nitrogens is 2. The Morgan fingerprint density at radius 3 is 2.74 bits per heavy atom. The zero-order valence-electron chi connectivity index (χ0n) is 15.5. The number of carbonyl (C=O) groups excluding carboxylic acids is 1. The molecule has 1 N–H and O–H groups in total. The number of nitrogens with zero attached hydrogens (tertiary/aromatic N) is 5. The maximum absolute atomic E-state index is 13.1. The lowest BCUT2D eigenvalue weighted by Crippen LogP contribution is -2.39. The number of amides is 1. The lowest BCUT2D eigenvalue weighted by atomic mass is 9.96. The summed E-state index contributed by atoms with van der Waals surface area (Å²) < 4.78 is 14.9. The Kier molecular flexibility index (Phi) is 4.55. The molecule has 3 heterocycles.